The Bertz CT molecular complexity index is 345. The average Bonchev–Trinajstić information content (AvgIpc) is 2.43. The fourth-order valence-corrected chi connectivity index (χ4v) is 1.73. The van der Waals surface area contributed by atoms with Gasteiger partial charge in [-0.3, -0.25) is 25.0 Å². The van der Waals surface area contributed by atoms with Crippen LogP contribution in [0, 0.1) is 20.2 Å². The Balaban J connectivity index is 3.85. The molecule has 21 heavy (non-hydrogen) atoms. The first-order chi connectivity index (χ1) is 9.84. The van der Waals surface area contributed by atoms with E-state index >= 15 is 0 Å². The van der Waals surface area contributed by atoms with E-state index in [4.69, 9.17) is 4.74 Å². The van der Waals surface area contributed by atoms with Crippen LogP contribution in [0.1, 0.15) is 65.2 Å². The normalized spacial score (nSPS) is 11.1. The minimum Gasteiger partial charge on any atom is -0.466 e. The van der Waals surface area contributed by atoms with Crippen molar-refractivity contribution in [1.29, 1.82) is 0 Å². The number of nitro groups is 2. The van der Waals surface area contributed by atoms with Crippen LogP contribution in [0.3, 0.4) is 0 Å². The lowest BCUT2D eigenvalue weighted by Gasteiger charge is -2.12. The summed E-state index contributed by atoms with van der Waals surface area (Å²) >= 11 is 0. The molecule has 0 fully saturated rings. The molecule has 0 aliphatic rings. The van der Waals surface area contributed by atoms with Crippen LogP contribution in [0.5, 0.6) is 0 Å². The Labute approximate surface area is 124 Å². The van der Waals surface area contributed by atoms with Gasteiger partial charge < -0.3 is 4.74 Å². The predicted octanol–water partition coefficient (Wildman–Crippen LogP) is 2.94. The van der Waals surface area contributed by atoms with Crippen molar-refractivity contribution >= 4 is 5.97 Å². The molecule has 0 heterocycles. The number of esters is 1. The molecule has 0 aromatic carbocycles. The lowest BCUT2D eigenvalue weighted by Crippen LogP contribution is -2.43. The molecule has 0 N–H and O–H groups in total. The fourth-order valence-electron chi connectivity index (χ4n) is 1.73. The second kappa shape index (κ2) is 10.1. The van der Waals surface area contributed by atoms with Crippen molar-refractivity contribution in [3.05, 3.63) is 20.2 Å². The van der Waals surface area contributed by atoms with E-state index in [1.165, 1.54) is 12.8 Å². The third-order valence-corrected chi connectivity index (χ3v) is 3.35. The topological polar surface area (TPSA) is 113 Å². The van der Waals surface area contributed by atoms with E-state index in [9.17, 15) is 25.0 Å². The van der Waals surface area contributed by atoms with Gasteiger partial charge in [-0.25, -0.2) is 0 Å². The summed E-state index contributed by atoms with van der Waals surface area (Å²) in [5, 5.41) is 21.3. The Hall–Kier alpha value is -1.73. The minimum atomic E-state index is -2.33. The van der Waals surface area contributed by atoms with E-state index in [0.717, 1.165) is 32.6 Å². The monoisotopic (exact) mass is 304 g/mol. The highest BCUT2D eigenvalue weighted by Gasteiger charge is 2.50. The standard InChI is InChI=1S/C13H24N2O6/c1-3-4-5-6-7-8-11-21-12(16)9-10-13(2,14(17)18)15(19)20/h3-11H2,1-2H3. The fraction of sp³-hybridized carbons (Fsp3) is 0.923. The number of rotatable bonds is 12. The molecule has 0 aromatic heterocycles. The minimum absolute atomic E-state index is 0.263. The van der Waals surface area contributed by atoms with Crippen LogP contribution in [-0.2, 0) is 9.53 Å². The first-order valence-electron chi connectivity index (χ1n) is 7.29. The summed E-state index contributed by atoms with van der Waals surface area (Å²) in [6.07, 6.45) is 5.53. The summed E-state index contributed by atoms with van der Waals surface area (Å²) < 4.78 is 4.92. The molecule has 0 atom stereocenters. The molecule has 8 heteroatoms. The Kier molecular flexibility index (Phi) is 9.23. The van der Waals surface area contributed by atoms with Gasteiger partial charge in [-0.15, -0.1) is 0 Å². The first-order valence-corrected chi connectivity index (χ1v) is 7.29. The van der Waals surface area contributed by atoms with Crippen molar-refractivity contribution < 1.29 is 19.4 Å². The molecule has 0 saturated heterocycles. The quantitative estimate of drug-likeness (QED) is 0.180. The molecule has 0 saturated carbocycles. The van der Waals surface area contributed by atoms with Gasteiger partial charge in [0.1, 0.15) is 0 Å². The van der Waals surface area contributed by atoms with Gasteiger partial charge in [-0.2, -0.15) is 0 Å². The van der Waals surface area contributed by atoms with Gasteiger partial charge in [-0.1, -0.05) is 39.0 Å². The Morgan fingerprint density at radius 3 is 2.10 bits per heavy atom. The maximum absolute atomic E-state index is 11.4. The van der Waals surface area contributed by atoms with Crippen molar-refractivity contribution in [3.8, 4) is 0 Å². The van der Waals surface area contributed by atoms with Gasteiger partial charge in [0.2, 0.25) is 0 Å². The number of carbonyl (C=O) groups is 1. The summed E-state index contributed by atoms with van der Waals surface area (Å²) in [5.41, 5.74) is -2.33. The van der Waals surface area contributed by atoms with Gasteiger partial charge >= 0.3 is 11.6 Å². The van der Waals surface area contributed by atoms with Crippen molar-refractivity contribution in [2.75, 3.05) is 6.61 Å². The zero-order chi connectivity index (χ0) is 16.3. The smallest absolute Gasteiger partial charge is 0.456 e. The molecular weight excluding hydrogens is 280 g/mol. The number of unbranched alkanes of at least 4 members (excludes halogenated alkanes) is 5. The molecule has 0 bridgehead atoms. The van der Waals surface area contributed by atoms with Gasteiger partial charge in [0.05, 0.1) is 36.2 Å². The van der Waals surface area contributed by atoms with Gasteiger partial charge in [0.15, 0.2) is 0 Å². The third-order valence-electron chi connectivity index (χ3n) is 3.35. The maximum atomic E-state index is 11.4. The summed E-state index contributed by atoms with van der Waals surface area (Å²) in [5.74, 6) is -0.626. The average molecular weight is 304 g/mol. The van der Waals surface area contributed by atoms with Crippen molar-refractivity contribution in [2.24, 2.45) is 0 Å². The van der Waals surface area contributed by atoms with Crippen LogP contribution in [-0.4, -0.2) is 28.1 Å². The van der Waals surface area contributed by atoms with Crippen molar-refractivity contribution in [1.82, 2.24) is 0 Å². The number of ether oxygens (including phenoxy) is 1. The van der Waals surface area contributed by atoms with Crippen LogP contribution >= 0.6 is 0 Å². The molecule has 122 valence electrons. The number of carbonyl (C=O) groups excluding carboxylic acids is 1. The number of nitrogens with zero attached hydrogens (tertiary/aromatic N) is 2. The van der Waals surface area contributed by atoms with Gasteiger partial charge in [0.25, 0.3) is 0 Å². The Morgan fingerprint density at radius 1 is 1.05 bits per heavy atom. The molecule has 8 nitrogen and oxygen atoms in total. The largest absolute Gasteiger partial charge is 0.466 e. The van der Waals surface area contributed by atoms with Crippen LogP contribution < -0.4 is 0 Å². The molecule has 0 amide bonds. The highest BCUT2D eigenvalue weighted by molar-refractivity contribution is 5.69. The summed E-state index contributed by atoms with van der Waals surface area (Å²) in [6, 6.07) is 0. The van der Waals surface area contributed by atoms with Crippen LogP contribution in [0.4, 0.5) is 0 Å². The molecule has 0 spiro atoms. The third kappa shape index (κ3) is 7.57. The van der Waals surface area contributed by atoms with Crippen molar-refractivity contribution in [2.45, 2.75) is 70.9 Å². The second-order valence-corrected chi connectivity index (χ2v) is 5.22. The van der Waals surface area contributed by atoms with E-state index in [2.05, 4.69) is 6.92 Å². The van der Waals surface area contributed by atoms with Gasteiger partial charge in [0, 0.05) is 0 Å². The zero-order valence-electron chi connectivity index (χ0n) is 12.7. The molecule has 0 radical (unpaired) electrons. The van der Waals surface area contributed by atoms with E-state index < -0.39 is 27.9 Å². The van der Waals surface area contributed by atoms with Crippen LogP contribution in [0.25, 0.3) is 0 Å². The number of hydrogen-bond donors (Lipinski definition) is 0. The maximum Gasteiger partial charge on any atom is 0.456 e. The summed E-state index contributed by atoms with van der Waals surface area (Å²) in [6.45, 7) is 3.29. The van der Waals surface area contributed by atoms with Crippen molar-refractivity contribution in [3.63, 3.8) is 0 Å². The second-order valence-electron chi connectivity index (χ2n) is 5.22. The van der Waals surface area contributed by atoms with Crippen LogP contribution in [0.2, 0.25) is 0 Å². The molecule has 0 unspecified atom stereocenters. The van der Waals surface area contributed by atoms with E-state index in [1.807, 2.05) is 0 Å². The van der Waals surface area contributed by atoms with E-state index in [-0.39, 0.29) is 13.0 Å². The predicted molar refractivity (Wildman–Crippen MR) is 76.0 cm³/mol. The zero-order valence-corrected chi connectivity index (χ0v) is 12.7. The van der Waals surface area contributed by atoms with E-state index in [1.54, 1.807) is 0 Å². The molecule has 0 aliphatic heterocycles. The SMILES string of the molecule is CCCCCCCCOC(=O)CCC(C)([N+](=O)[O-])[N+](=O)[O-]. The van der Waals surface area contributed by atoms with Crippen LogP contribution in [0.15, 0.2) is 0 Å². The number of hydrogen-bond acceptors (Lipinski definition) is 6. The molecule has 0 rings (SSSR count). The molecule has 0 aliphatic carbocycles. The highest BCUT2D eigenvalue weighted by Crippen LogP contribution is 2.17. The van der Waals surface area contributed by atoms with E-state index in [0.29, 0.717) is 0 Å². The van der Waals surface area contributed by atoms with Gasteiger partial charge in [-0.05, 0) is 6.42 Å². The molecular formula is C13H24N2O6. The summed E-state index contributed by atoms with van der Waals surface area (Å²) in [7, 11) is 0. The lowest BCUT2D eigenvalue weighted by molar-refractivity contribution is -0.792. The lowest BCUT2D eigenvalue weighted by atomic mass is 10.1. The molecule has 0 aromatic rings. The summed E-state index contributed by atoms with van der Waals surface area (Å²) in [4.78, 5) is 30.8. The highest BCUT2D eigenvalue weighted by atomic mass is 16.7. The first kappa shape index (κ1) is 19.3. The Morgan fingerprint density at radius 2 is 1.57 bits per heavy atom.